The Morgan fingerprint density at radius 3 is 2.94 bits per heavy atom. The first-order valence-electron chi connectivity index (χ1n) is 4.70. The van der Waals surface area contributed by atoms with Crippen LogP contribution in [0.5, 0.6) is 0 Å². The minimum absolute atomic E-state index is 0.0178. The number of methoxy groups -OCH3 is 1. The molecule has 0 unspecified atom stereocenters. The van der Waals surface area contributed by atoms with E-state index in [0.717, 1.165) is 6.21 Å². The van der Waals surface area contributed by atoms with Gasteiger partial charge in [-0.05, 0) is 6.07 Å². The molecule has 0 aliphatic carbocycles. The lowest BCUT2D eigenvalue weighted by atomic mass is 10.1. The van der Waals surface area contributed by atoms with Crippen LogP contribution in [0.1, 0.15) is 5.56 Å². The Balaban J connectivity index is 2.84. The van der Waals surface area contributed by atoms with Crippen molar-refractivity contribution in [2.75, 3.05) is 25.6 Å². The fraction of sp³-hybridized carbons (Fsp3) is 0.300. The van der Waals surface area contributed by atoms with Gasteiger partial charge in [-0.2, -0.15) is 0 Å². The van der Waals surface area contributed by atoms with Crippen LogP contribution < -0.4 is 5.32 Å². The highest BCUT2D eigenvalue weighted by Gasteiger charge is 2.08. The van der Waals surface area contributed by atoms with Crippen molar-refractivity contribution in [3.05, 3.63) is 33.9 Å². The lowest BCUT2D eigenvalue weighted by Crippen LogP contribution is -2.09. The zero-order valence-electron chi connectivity index (χ0n) is 8.90. The summed E-state index contributed by atoms with van der Waals surface area (Å²) in [5.41, 5.74) is 1.17. The molecule has 0 saturated carbocycles. The van der Waals surface area contributed by atoms with Crippen LogP contribution in [0.4, 0.5) is 11.4 Å². The van der Waals surface area contributed by atoms with Gasteiger partial charge in [0.1, 0.15) is 0 Å². The Bertz CT molecular complexity index is 393. The second kappa shape index (κ2) is 5.82. The van der Waals surface area contributed by atoms with Gasteiger partial charge in [-0.3, -0.25) is 10.1 Å². The molecule has 1 aromatic carbocycles. The van der Waals surface area contributed by atoms with E-state index in [0.29, 0.717) is 24.4 Å². The number of hydrogen-bond donors (Lipinski definition) is 2. The number of non-ortho nitro benzene ring substituents is 1. The fourth-order valence-electron chi connectivity index (χ4n) is 1.23. The van der Waals surface area contributed by atoms with Crippen molar-refractivity contribution < 1.29 is 9.66 Å². The van der Waals surface area contributed by atoms with Crippen LogP contribution in [0.2, 0.25) is 0 Å². The van der Waals surface area contributed by atoms with Gasteiger partial charge in [0.05, 0.1) is 11.5 Å². The summed E-state index contributed by atoms with van der Waals surface area (Å²) in [4.78, 5) is 10.1. The van der Waals surface area contributed by atoms with Gasteiger partial charge in [-0.25, -0.2) is 0 Å². The number of nitro benzene ring substituents is 1. The average molecular weight is 223 g/mol. The predicted octanol–water partition coefficient (Wildman–Crippen LogP) is 1.65. The summed E-state index contributed by atoms with van der Waals surface area (Å²) < 4.78 is 4.87. The molecule has 0 bridgehead atoms. The Morgan fingerprint density at radius 1 is 1.62 bits per heavy atom. The molecular formula is C10H13N3O3. The van der Waals surface area contributed by atoms with Gasteiger partial charge < -0.3 is 15.5 Å². The summed E-state index contributed by atoms with van der Waals surface area (Å²) in [6, 6.07) is 4.36. The second-order valence-electron chi connectivity index (χ2n) is 3.09. The third kappa shape index (κ3) is 3.03. The van der Waals surface area contributed by atoms with Gasteiger partial charge in [0.25, 0.3) is 5.69 Å². The molecular weight excluding hydrogens is 210 g/mol. The van der Waals surface area contributed by atoms with E-state index in [-0.39, 0.29) is 5.69 Å². The smallest absolute Gasteiger partial charge is 0.270 e. The van der Waals surface area contributed by atoms with Crippen molar-refractivity contribution in [2.24, 2.45) is 0 Å². The maximum Gasteiger partial charge on any atom is 0.270 e. The lowest BCUT2D eigenvalue weighted by molar-refractivity contribution is -0.384. The Labute approximate surface area is 92.9 Å². The molecule has 0 aromatic heterocycles. The van der Waals surface area contributed by atoms with Crippen LogP contribution >= 0.6 is 0 Å². The summed E-state index contributed by atoms with van der Waals surface area (Å²) >= 11 is 0. The lowest BCUT2D eigenvalue weighted by Gasteiger charge is -2.08. The first kappa shape index (κ1) is 12.1. The molecule has 0 fully saturated rings. The molecule has 0 aliphatic rings. The van der Waals surface area contributed by atoms with Crippen LogP contribution in [0.25, 0.3) is 0 Å². The summed E-state index contributed by atoms with van der Waals surface area (Å²) in [6.45, 7) is 1.13. The molecule has 2 N–H and O–H groups in total. The summed E-state index contributed by atoms with van der Waals surface area (Å²) in [5.74, 6) is 0. The highest BCUT2D eigenvalue weighted by atomic mass is 16.6. The second-order valence-corrected chi connectivity index (χ2v) is 3.09. The van der Waals surface area contributed by atoms with Crippen LogP contribution in [0.15, 0.2) is 18.2 Å². The number of ether oxygens (including phenoxy) is 1. The molecule has 1 rings (SSSR count). The number of hydrogen-bond acceptors (Lipinski definition) is 5. The Hall–Kier alpha value is -1.95. The van der Waals surface area contributed by atoms with E-state index in [1.807, 2.05) is 0 Å². The van der Waals surface area contributed by atoms with E-state index in [1.165, 1.54) is 12.1 Å². The van der Waals surface area contributed by atoms with E-state index >= 15 is 0 Å². The van der Waals surface area contributed by atoms with Crippen molar-refractivity contribution >= 4 is 17.6 Å². The van der Waals surface area contributed by atoms with E-state index in [4.69, 9.17) is 10.1 Å². The summed E-state index contributed by atoms with van der Waals surface area (Å²) in [6.07, 6.45) is 1.09. The highest BCUT2D eigenvalue weighted by molar-refractivity contribution is 5.86. The van der Waals surface area contributed by atoms with E-state index in [2.05, 4.69) is 5.32 Å². The quantitative estimate of drug-likeness (QED) is 0.332. The number of nitrogens with one attached hydrogen (secondary N) is 2. The number of rotatable bonds is 6. The van der Waals surface area contributed by atoms with Gasteiger partial charge in [0, 0.05) is 43.3 Å². The zero-order valence-corrected chi connectivity index (χ0v) is 8.90. The van der Waals surface area contributed by atoms with Gasteiger partial charge in [-0.1, -0.05) is 0 Å². The Kier molecular flexibility index (Phi) is 4.41. The highest BCUT2D eigenvalue weighted by Crippen LogP contribution is 2.20. The topological polar surface area (TPSA) is 88.2 Å². The predicted molar refractivity (Wildman–Crippen MR) is 61.3 cm³/mol. The number of benzene rings is 1. The van der Waals surface area contributed by atoms with Gasteiger partial charge in [0.15, 0.2) is 0 Å². The molecule has 0 amide bonds. The van der Waals surface area contributed by atoms with Gasteiger partial charge in [0.2, 0.25) is 0 Å². The van der Waals surface area contributed by atoms with E-state index in [1.54, 1.807) is 13.2 Å². The molecule has 0 atom stereocenters. The van der Waals surface area contributed by atoms with E-state index < -0.39 is 4.92 Å². The normalized spacial score (nSPS) is 9.81. The minimum Gasteiger partial charge on any atom is -0.383 e. The van der Waals surface area contributed by atoms with Crippen molar-refractivity contribution in [2.45, 2.75) is 0 Å². The van der Waals surface area contributed by atoms with E-state index in [9.17, 15) is 10.1 Å². The van der Waals surface area contributed by atoms with Crippen LogP contribution in [0, 0.1) is 15.5 Å². The summed E-state index contributed by atoms with van der Waals surface area (Å²) in [7, 11) is 1.59. The van der Waals surface area contributed by atoms with Crippen molar-refractivity contribution in [3.8, 4) is 0 Å². The summed E-state index contributed by atoms with van der Waals surface area (Å²) in [5, 5.41) is 20.7. The van der Waals surface area contributed by atoms with Crippen LogP contribution in [-0.2, 0) is 4.74 Å². The SMILES string of the molecule is COCCNc1ccc([N+](=O)[O-])cc1C=N. The van der Waals surface area contributed by atoms with Crippen LogP contribution in [-0.4, -0.2) is 31.4 Å². The number of anilines is 1. The van der Waals surface area contributed by atoms with Crippen molar-refractivity contribution in [3.63, 3.8) is 0 Å². The maximum absolute atomic E-state index is 10.5. The van der Waals surface area contributed by atoms with Gasteiger partial charge in [-0.15, -0.1) is 0 Å². The zero-order chi connectivity index (χ0) is 12.0. The third-order valence-corrected chi connectivity index (χ3v) is 2.02. The number of nitro groups is 1. The average Bonchev–Trinajstić information content (AvgIpc) is 2.29. The molecule has 6 nitrogen and oxygen atoms in total. The first-order valence-corrected chi connectivity index (χ1v) is 4.70. The van der Waals surface area contributed by atoms with Crippen LogP contribution in [0.3, 0.4) is 0 Å². The van der Waals surface area contributed by atoms with Gasteiger partial charge >= 0.3 is 0 Å². The van der Waals surface area contributed by atoms with Crippen molar-refractivity contribution in [1.82, 2.24) is 0 Å². The molecule has 0 radical (unpaired) electrons. The molecule has 16 heavy (non-hydrogen) atoms. The standard InChI is InChI=1S/C10H13N3O3/c1-16-5-4-12-10-3-2-9(13(14)15)6-8(10)7-11/h2-3,6-7,11-12H,4-5H2,1H3. The molecule has 1 aromatic rings. The largest absolute Gasteiger partial charge is 0.383 e. The Morgan fingerprint density at radius 2 is 2.38 bits per heavy atom. The number of nitrogens with zero attached hydrogens (tertiary/aromatic N) is 1. The molecule has 0 aliphatic heterocycles. The molecule has 6 heteroatoms. The minimum atomic E-state index is -0.480. The molecule has 0 spiro atoms. The molecule has 86 valence electrons. The maximum atomic E-state index is 10.5. The third-order valence-electron chi connectivity index (χ3n) is 2.02. The first-order chi connectivity index (χ1) is 7.69. The van der Waals surface area contributed by atoms with Crippen molar-refractivity contribution in [1.29, 1.82) is 5.41 Å². The fourth-order valence-corrected chi connectivity index (χ4v) is 1.23. The molecule has 0 heterocycles. The monoisotopic (exact) mass is 223 g/mol. The molecule has 0 saturated heterocycles.